The Kier molecular flexibility index (Phi) is 6.49. The summed E-state index contributed by atoms with van der Waals surface area (Å²) in [5.74, 6) is 0.509. The zero-order valence-electron chi connectivity index (χ0n) is 8.53. The number of nitrogens with two attached hydrogens (primary N) is 1. The molecule has 76 valence electrons. The molecule has 0 bridgehead atoms. The van der Waals surface area contributed by atoms with Gasteiger partial charge in [0.25, 0.3) is 0 Å². The van der Waals surface area contributed by atoms with Crippen molar-refractivity contribution >= 4 is 17.6 Å². The van der Waals surface area contributed by atoms with E-state index in [2.05, 4.69) is 23.1 Å². The third-order valence-electron chi connectivity index (χ3n) is 0.953. The monoisotopic (exact) mass is 209 g/mol. The highest BCUT2D eigenvalue weighted by molar-refractivity contribution is 8.06. The standard InChI is InChI=1S/C6H10S.C4H5N3/c1-5(2)7-6(3)4;5-4-1-2-6-3-7-4/h1,3H2,2,4H3;1-3H,(H2,5,6,7). The van der Waals surface area contributed by atoms with Crippen molar-refractivity contribution < 1.29 is 0 Å². The average Bonchev–Trinajstić information content (AvgIpc) is 2.03. The van der Waals surface area contributed by atoms with Crippen molar-refractivity contribution in [3.8, 4) is 0 Å². The van der Waals surface area contributed by atoms with E-state index < -0.39 is 0 Å². The molecule has 1 rings (SSSR count). The van der Waals surface area contributed by atoms with Crippen LogP contribution in [0.1, 0.15) is 13.8 Å². The van der Waals surface area contributed by atoms with Crippen molar-refractivity contribution in [3.63, 3.8) is 0 Å². The van der Waals surface area contributed by atoms with Crippen molar-refractivity contribution in [1.29, 1.82) is 0 Å². The van der Waals surface area contributed by atoms with E-state index in [9.17, 15) is 0 Å². The van der Waals surface area contributed by atoms with Crippen LogP contribution in [0.5, 0.6) is 0 Å². The van der Waals surface area contributed by atoms with Crippen molar-refractivity contribution in [2.24, 2.45) is 0 Å². The summed E-state index contributed by atoms with van der Waals surface area (Å²) in [4.78, 5) is 9.51. The summed E-state index contributed by atoms with van der Waals surface area (Å²) < 4.78 is 0. The highest BCUT2D eigenvalue weighted by Gasteiger charge is 1.82. The SMILES string of the molecule is C=C(C)SC(=C)C.Nc1ccncn1. The van der Waals surface area contributed by atoms with E-state index in [0.29, 0.717) is 5.82 Å². The zero-order chi connectivity index (χ0) is 11.0. The zero-order valence-corrected chi connectivity index (χ0v) is 9.34. The quantitative estimate of drug-likeness (QED) is 0.813. The largest absolute Gasteiger partial charge is 0.384 e. The predicted molar refractivity (Wildman–Crippen MR) is 63.7 cm³/mol. The van der Waals surface area contributed by atoms with Gasteiger partial charge >= 0.3 is 0 Å². The molecule has 2 N–H and O–H groups in total. The van der Waals surface area contributed by atoms with E-state index in [4.69, 9.17) is 5.73 Å². The van der Waals surface area contributed by atoms with Crippen LogP contribution in [-0.4, -0.2) is 9.97 Å². The van der Waals surface area contributed by atoms with Crippen LogP contribution < -0.4 is 5.73 Å². The molecule has 4 heteroatoms. The fourth-order valence-electron chi connectivity index (χ4n) is 0.598. The first-order valence-electron chi connectivity index (χ1n) is 4.02. The summed E-state index contributed by atoms with van der Waals surface area (Å²) in [6.07, 6.45) is 3.01. The summed E-state index contributed by atoms with van der Waals surface area (Å²) in [5.41, 5.74) is 5.21. The number of allylic oxidation sites excluding steroid dienone is 2. The molecule has 14 heavy (non-hydrogen) atoms. The molecule has 0 unspecified atom stereocenters. The number of aromatic nitrogens is 2. The number of rotatable bonds is 2. The van der Waals surface area contributed by atoms with Crippen molar-refractivity contribution in [1.82, 2.24) is 9.97 Å². The molecule has 0 radical (unpaired) electrons. The van der Waals surface area contributed by atoms with Gasteiger partial charge in [-0.1, -0.05) is 13.2 Å². The molecule has 0 amide bonds. The predicted octanol–water partition coefficient (Wildman–Crippen LogP) is 2.85. The lowest BCUT2D eigenvalue weighted by Gasteiger charge is -1.92. The maximum Gasteiger partial charge on any atom is 0.126 e. The third kappa shape index (κ3) is 8.80. The summed E-state index contributed by atoms with van der Waals surface area (Å²) in [6.45, 7) is 11.3. The van der Waals surface area contributed by atoms with E-state index in [1.165, 1.54) is 6.33 Å². The highest BCUT2D eigenvalue weighted by Crippen LogP contribution is 2.19. The third-order valence-corrected chi connectivity index (χ3v) is 1.65. The number of thioether (sulfide) groups is 1. The number of nitrogen functional groups attached to an aromatic ring is 1. The fraction of sp³-hybridized carbons (Fsp3) is 0.200. The molecule has 0 aliphatic carbocycles. The van der Waals surface area contributed by atoms with Gasteiger partial charge in [0.2, 0.25) is 0 Å². The highest BCUT2D eigenvalue weighted by atomic mass is 32.2. The molecular formula is C10H15N3S. The first kappa shape index (κ1) is 12.7. The molecule has 0 aliphatic heterocycles. The molecule has 0 spiro atoms. The van der Waals surface area contributed by atoms with Crippen molar-refractivity contribution in [2.75, 3.05) is 5.73 Å². The molecule has 1 aromatic rings. The summed E-state index contributed by atoms with van der Waals surface area (Å²) >= 11 is 1.62. The topological polar surface area (TPSA) is 51.8 Å². The molecule has 1 aromatic heterocycles. The fourth-order valence-corrected chi connectivity index (χ4v) is 1.19. The van der Waals surface area contributed by atoms with Crippen LogP contribution in [0.3, 0.4) is 0 Å². The van der Waals surface area contributed by atoms with Gasteiger partial charge in [-0.15, -0.1) is 11.8 Å². The van der Waals surface area contributed by atoms with Crippen molar-refractivity contribution in [2.45, 2.75) is 13.8 Å². The van der Waals surface area contributed by atoms with Gasteiger partial charge < -0.3 is 5.73 Å². The lowest BCUT2D eigenvalue weighted by molar-refractivity contribution is 1.18. The number of anilines is 1. The van der Waals surface area contributed by atoms with Gasteiger partial charge in [0.05, 0.1) is 0 Å². The Morgan fingerprint density at radius 2 is 1.93 bits per heavy atom. The molecule has 0 fully saturated rings. The molecule has 1 heterocycles. The lowest BCUT2D eigenvalue weighted by Crippen LogP contribution is -1.87. The normalized spacial score (nSPS) is 8.43. The minimum absolute atomic E-state index is 0.509. The van der Waals surface area contributed by atoms with Gasteiger partial charge in [-0.2, -0.15) is 0 Å². The summed E-state index contributed by atoms with van der Waals surface area (Å²) in [5, 5.41) is 0. The molecule has 0 aromatic carbocycles. The molecule has 0 saturated heterocycles. The van der Waals surface area contributed by atoms with Gasteiger partial charge in [0.1, 0.15) is 12.1 Å². The number of hydrogen-bond donors (Lipinski definition) is 1. The maximum absolute atomic E-state index is 5.21. The second kappa shape index (κ2) is 7.15. The average molecular weight is 209 g/mol. The second-order valence-corrected chi connectivity index (χ2v) is 4.24. The Labute approximate surface area is 89.1 Å². The van der Waals surface area contributed by atoms with E-state index in [1.807, 2.05) is 13.8 Å². The Hall–Kier alpha value is -1.29. The molecule has 0 saturated carbocycles. The van der Waals surface area contributed by atoms with Crippen LogP contribution in [-0.2, 0) is 0 Å². The van der Waals surface area contributed by atoms with E-state index in [0.717, 1.165) is 9.81 Å². The van der Waals surface area contributed by atoms with Crippen LogP contribution in [0, 0.1) is 0 Å². The molecule has 3 nitrogen and oxygen atoms in total. The van der Waals surface area contributed by atoms with Crippen molar-refractivity contribution in [3.05, 3.63) is 41.6 Å². The van der Waals surface area contributed by atoms with Crippen LogP contribution in [0.4, 0.5) is 5.82 Å². The number of nitrogens with zero attached hydrogens (tertiary/aromatic N) is 2. The van der Waals surface area contributed by atoms with Crippen LogP contribution in [0.15, 0.2) is 41.6 Å². The van der Waals surface area contributed by atoms with Gasteiger partial charge in [-0.25, -0.2) is 9.97 Å². The summed E-state index contributed by atoms with van der Waals surface area (Å²) in [6, 6.07) is 1.64. The van der Waals surface area contributed by atoms with Gasteiger partial charge in [0.15, 0.2) is 0 Å². The van der Waals surface area contributed by atoms with E-state index in [-0.39, 0.29) is 0 Å². The first-order valence-corrected chi connectivity index (χ1v) is 4.84. The molecule has 0 aliphatic rings. The van der Waals surface area contributed by atoms with E-state index >= 15 is 0 Å². The Bertz CT molecular complexity index is 283. The lowest BCUT2D eigenvalue weighted by atomic mass is 10.6. The van der Waals surface area contributed by atoms with Crippen LogP contribution >= 0.6 is 11.8 Å². The first-order chi connectivity index (χ1) is 6.52. The summed E-state index contributed by atoms with van der Waals surface area (Å²) in [7, 11) is 0. The Morgan fingerprint density at radius 1 is 1.36 bits per heavy atom. The maximum atomic E-state index is 5.21. The molecule has 0 atom stereocenters. The van der Waals surface area contributed by atoms with E-state index in [1.54, 1.807) is 24.0 Å². The Balaban J connectivity index is 0.000000241. The minimum Gasteiger partial charge on any atom is -0.384 e. The Morgan fingerprint density at radius 3 is 2.07 bits per heavy atom. The smallest absolute Gasteiger partial charge is 0.126 e. The van der Waals surface area contributed by atoms with Gasteiger partial charge in [0, 0.05) is 6.20 Å². The second-order valence-electron chi connectivity index (χ2n) is 2.64. The van der Waals surface area contributed by atoms with Gasteiger partial charge in [-0.3, -0.25) is 0 Å². The number of hydrogen-bond acceptors (Lipinski definition) is 4. The molecular weight excluding hydrogens is 194 g/mol. The van der Waals surface area contributed by atoms with Gasteiger partial charge in [-0.05, 0) is 29.7 Å². The minimum atomic E-state index is 0.509. The van der Waals surface area contributed by atoms with Crippen LogP contribution in [0.2, 0.25) is 0 Å². The van der Waals surface area contributed by atoms with Crippen LogP contribution in [0.25, 0.3) is 0 Å².